The van der Waals surface area contributed by atoms with Crippen LogP contribution in [0.5, 0.6) is 0 Å². The van der Waals surface area contributed by atoms with E-state index in [1.165, 1.54) is 5.56 Å². The lowest BCUT2D eigenvalue weighted by atomic mass is 10.2. The maximum absolute atomic E-state index is 5.69. The summed E-state index contributed by atoms with van der Waals surface area (Å²) in [5.41, 5.74) is 8.83. The van der Waals surface area contributed by atoms with E-state index < -0.39 is 0 Å². The van der Waals surface area contributed by atoms with Gasteiger partial charge in [0.1, 0.15) is 0 Å². The van der Waals surface area contributed by atoms with Gasteiger partial charge in [-0.2, -0.15) is 0 Å². The number of nitrogen functional groups attached to an aromatic ring is 1. The quantitative estimate of drug-likeness (QED) is 0.623. The van der Waals surface area contributed by atoms with Crippen molar-refractivity contribution >= 4 is 23.3 Å². The second-order valence-electron chi connectivity index (χ2n) is 3.50. The molecule has 0 saturated carbocycles. The van der Waals surface area contributed by atoms with Gasteiger partial charge in [0.05, 0.1) is 0 Å². The second-order valence-corrected chi connectivity index (χ2v) is 4.28. The largest absolute Gasteiger partial charge is 0.399 e. The Morgan fingerprint density at radius 1 is 1.00 bits per heavy atom. The number of rotatable bonds is 4. The van der Waals surface area contributed by atoms with Crippen molar-refractivity contribution in [3.63, 3.8) is 0 Å². The van der Waals surface area contributed by atoms with Gasteiger partial charge in [-0.15, -0.1) is 0 Å². The van der Waals surface area contributed by atoms with E-state index in [9.17, 15) is 0 Å². The molecule has 2 aromatic rings. The first kappa shape index (κ1) is 10.9. The third-order valence-electron chi connectivity index (χ3n) is 2.16. The van der Waals surface area contributed by atoms with Crippen molar-refractivity contribution in [1.82, 2.24) is 0 Å². The maximum atomic E-state index is 5.69. The zero-order valence-corrected chi connectivity index (χ0v) is 9.71. The number of hydrogen-bond acceptors (Lipinski definition) is 3. The molecule has 0 aromatic heterocycles. The molecule has 0 spiro atoms. The minimum atomic E-state index is 0.783. The molecule has 3 heteroatoms. The van der Waals surface area contributed by atoms with Crippen LogP contribution in [0.2, 0.25) is 0 Å². The predicted octanol–water partition coefficient (Wildman–Crippen LogP) is 3.53. The van der Waals surface area contributed by atoms with Crippen LogP contribution in [-0.4, -0.2) is 0 Å². The molecule has 0 atom stereocenters. The molecule has 0 aliphatic rings. The summed E-state index contributed by atoms with van der Waals surface area (Å²) < 4.78 is 3.27. The van der Waals surface area contributed by atoms with E-state index in [1.807, 2.05) is 30.3 Å². The van der Waals surface area contributed by atoms with Crippen LogP contribution in [0.25, 0.3) is 0 Å². The molecule has 82 valence electrons. The lowest BCUT2D eigenvalue weighted by molar-refractivity contribution is 1.42. The molecule has 0 aliphatic carbocycles. The monoisotopic (exact) mass is 230 g/mol. The summed E-state index contributed by atoms with van der Waals surface area (Å²) in [4.78, 5) is 0. The van der Waals surface area contributed by atoms with Gasteiger partial charge in [0.15, 0.2) is 0 Å². The highest BCUT2D eigenvalue weighted by Gasteiger charge is 1.94. The molecule has 0 unspecified atom stereocenters. The standard InChI is InChI=1S/C13H14N2S/c14-12-7-4-8-13(9-12)15-16-10-11-5-2-1-3-6-11/h1-9,15H,10,14H2. The van der Waals surface area contributed by atoms with Crippen LogP contribution in [-0.2, 0) is 5.75 Å². The van der Waals surface area contributed by atoms with Crippen molar-refractivity contribution in [3.8, 4) is 0 Å². The highest BCUT2D eigenvalue weighted by atomic mass is 32.2. The average Bonchev–Trinajstić information content (AvgIpc) is 2.30. The predicted molar refractivity (Wildman–Crippen MR) is 72.2 cm³/mol. The van der Waals surface area contributed by atoms with Crippen molar-refractivity contribution in [3.05, 3.63) is 60.2 Å². The van der Waals surface area contributed by atoms with E-state index >= 15 is 0 Å². The van der Waals surface area contributed by atoms with Gasteiger partial charge in [0, 0.05) is 17.1 Å². The van der Waals surface area contributed by atoms with Crippen LogP contribution < -0.4 is 10.5 Å². The Hall–Kier alpha value is -1.61. The van der Waals surface area contributed by atoms with Gasteiger partial charge in [-0.3, -0.25) is 0 Å². The van der Waals surface area contributed by atoms with Crippen molar-refractivity contribution in [2.24, 2.45) is 0 Å². The lowest BCUT2D eigenvalue weighted by Crippen LogP contribution is -1.90. The van der Waals surface area contributed by atoms with E-state index in [0.29, 0.717) is 0 Å². The molecule has 0 saturated heterocycles. The van der Waals surface area contributed by atoms with Crippen molar-refractivity contribution in [1.29, 1.82) is 0 Å². The Labute approximate surface area is 100 Å². The molecule has 0 bridgehead atoms. The molecule has 0 aliphatic heterocycles. The smallest absolute Gasteiger partial charge is 0.0460 e. The summed E-state index contributed by atoms with van der Waals surface area (Å²) in [5, 5.41) is 0. The maximum Gasteiger partial charge on any atom is 0.0460 e. The lowest BCUT2D eigenvalue weighted by Gasteiger charge is -2.05. The van der Waals surface area contributed by atoms with Gasteiger partial charge in [-0.1, -0.05) is 36.4 Å². The van der Waals surface area contributed by atoms with E-state index in [-0.39, 0.29) is 0 Å². The number of hydrogen-bond donors (Lipinski definition) is 2. The van der Waals surface area contributed by atoms with E-state index in [0.717, 1.165) is 17.1 Å². The van der Waals surface area contributed by atoms with E-state index in [2.05, 4.69) is 29.0 Å². The molecular weight excluding hydrogens is 216 g/mol. The van der Waals surface area contributed by atoms with Crippen LogP contribution in [0.4, 0.5) is 11.4 Å². The number of nitrogens with two attached hydrogens (primary N) is 1. The number of benzene rings is 2. The summed E-state index contributed by atoms with van der Waals surface area (Å²) in [7, 11) is 0. The minimum Gasteiger partial charge on any atom is -0.399 e. The highest BCUT2D eigenvalue weighted by molar-refractivity contribution is 7.99. The fraction of sp³-hybridized carbons (Fsp3) is 0.0769. The average molecular weight is 230 g/mol. The van der Waals surface area contributed by atoms with Crippen LogP contribution in [0, 0.1) is 0 Å². The molecule has 3 N–H and O–H groups in total. The van der Waals surface area contributed by atoms with Crippen LogP contribution in [0.1, 0.15) is 5.56 Å². The molecule has 2 nitrogen and oxygen atoms in total. The van der Waals surface area contributed by atoms with Gasteiger partial charge >= 0.3 is 0 Å². The molecular formula is C13H14N2S. The minimum absolute atomic E-state index is 0.783. The summed E-state index contributed by atoms with van der Waals surface area (Å²) >= 11 is 1.66. The van der Waals surface area contributed by atoms with Crippen LogP contribution in [0.15, 0.2) is 54.6 Å². The Morgan fingerprint density at radius 3 is 2.56 bits per heavy atom. The Kier molecular flexibility index (Phi) is 3.72. The van der Waals surface area contributed by atoms with Gasteiger partial charge in [-0.05, 0) is 35.7 Å². The topological polar surface area (TPSA) is 38.0 Å². The molecule has 0 amide bonds. The number of anilines is 2. The zero-order chi connectivity index (χ0) is 11.2. The van der Waals surface area contributed by atoms with Crippen molar-refractivity contribution < 1.29 is 0 Å². The molecule has 0 heterocycles. The highest BCUT2D eigenvalue weighted by Crippen LogP contribution is 2.18. The second kappa shape index (κ2) is 5.47. The first-order valence-corrected chi connectivity index (χ1v) is 6.10. The number of nitrogens with one attached hydrogen (secondary N) is 1. The van der Waals surface area contributed by atoms with Crippen LogP contribution in [0.3, 0.4) is 0 Å². The van der Waals surface area contributed by atoms with Gasteiger partial charge in [0.25, 0.3) is 0 Å². The normalized spacial score (nSPS) is 10.0. The Bertz CT molecular complexity index is 443. The Balaban J connectivity index is 1.85. The van der Waals surface area contributed by atoms with Gasteiger partial charge < -0.3 is 10.5 Å². The van der Waals surface area contributed by atoms with Crippen molar-refractivity contribution in [2.45, 2.75) is 5.75 Å². The first-order valence-electron chi connectivity index (χ1n) is 5.12. The summed E-state index contributed by atoms with van der Waals surface area (Å²) in [6, 6.07) is 18.1. The van der Waals surface area contributed by atoms with Gasteiger partial charge in [0.2, 0.25) is 0 Å². The zero-order valence-electron chi connectivity index (χ0n) is 8.89. The van der Waals surface area contributed by atoms with Crippen LogP contribution >= 0.6 is 11.9 Å². The third-order valence-corrected chi connectivity index (χ3v) is 3.02. The summed E-state index contributed by atoms with van der Waals surface area (Å²) in [6.45, 7) is 0. The van der Waals surface area contributed by atoms with Crippen molar-refractivity contribution in [2.75, 3.05) is 10.5 Å². The molecule has 2 aromatic carbocycles. The van der Waals surface area contributed by atoms with E-state index in [1.54, 1.807) is 11.9 Å². The first-order chi connectivity index (χ1) is 7.84. The van der Waals surface area contributed by atoms with Gasteiger partial charge in [-0.25, -0.2) is 0 Å². The fourth-order valence-electron chi connectivity index (χ4n) is 1.38. The van der Waals surface area contributed by atoms with E-state index in [4.69, 9.17) is 5.73 Å². The molecule has 2 rings (SSSR count). The summed E-state index contributed by atoms with van der Waals surface area (Å²) in [5.74, 6) is 0.940. The molecule has 16 heavy (non-hydrogen) atoms. The third kappa shape index (κ3) is 3.21. The fourth-order valence-corrected chi connectivity index (χ4v) is 2.10. The summed E-state index contributed by atoms with van der Waals surface area (Å²) in [6.07, 6.45) is 0. The molecule has 0 fully saturated rings. The SMILES string of the molecule is Nc1cccc(NSCc2ccccc2)c1. The Morgan fingerprint density at radius 2 is 1.81 bits per heavy atom. The molecule has 0 radical (unpaired) electrons.